The van der Waals surface area contributed by atoms with Crippen molar-refractivity contribution < 1.29 is 14.1 Å². The Balaban J connectivity index is 1.62. The van der Waals surface area contributed by atoms with E-state index in [1.54, 1.807) is 0 Å². The van der Waals surface area contributed by atoms with Crippen molar-refractivity contribution in [1.29, 1.82) is 0 Å². The molecule has 1 aliphatic heterocycles. The van der Waals surface area contributed by atoms with E-state index in [0.29, 0.717) is 24.3 Å². The third-order valence-corrected chi connectivity index (χ3v) is 5.94. The summed E-state index contributed by atoms with van der Waals surface area (Å²) in [6.45, 7) is 16.1. The van der Waals surface area contributed by atoms with Crippen molar-refractivity contribution in [1.82, 2.24) is 25.3 Å². The van der Waals surface area contributed by atoms with Crippen molar-refractivity contribution in [2.24, 2.45) is 0 Å². The van der Waals surface area contributed by atoms with E-state index in [9.17, 15) is 4.79 Å². The maximum atomic E-state index is 12.3. The van der Waals surface area contributed by atoms with Gasteiger partial charge in [-0.15, -0.1) is 0 Å². The fourth-order valence-corrected chi connectivity index (χ4v) is 4.35. The van der Waals surface area contributed by atoms with Gasteiger partial charge in [0.05, 0.1) is 6.54 Å². The van der Waals surface area contributed by atoms with E-state index in [-0.39, 0.29) is 0 Å². The van der Waals surface area contributed by atoms with E-state index in [1.165, 1.54) is 12.0 Å². The second kappa shape index (κ2) is 11.3. The number of likely N-dealkylation sites (tertiary alicyclic amines) is 1. The Hall–Kier alpha value is -2.45. The number of rotatable bonds is 9. The number of amides is 1. The molecule has 1 fully saturated rings. The number of hydrogen-bond acceptors (Lipinski definition) is 7. The van der Waals surface area contributed by atoms with Gasteiger partial charge in [-0.25, -0.2) is 4.79 Å². The van der Waals surface area contributed by atoms with Crippen LogP contribution in [0.3, 0.4) is 0 Å². The summed E-state index contributed by atoms with van der Waals surface area (Å²) in [7, 11) is 0. The fourth-order valence-electron chi connectivity index (χ4n) is 4.35. The molecule has 1 amide bonds. The number of ether oxygens (including phenoxy) is 1. The molecule has 1 aliphatic rings. The summed E-state index contributed by atoms with van der Waals surface area (Å²) >= 11 is 0. The highest BCUT2D eigenvalue weighted by atomic mass is 16.6. The molecule has 34 heavy (non-hydrogen) atoms. The van der Waals surface area contributed by atoms with Gasteiger partial charge >= 0.3 is 6.09 Å². The smallest absolute Gasteiger partial charge is 0.408 e. The van der Waals surface area contributed by atoms with Gasteiger partial charge < -0.3 is 14.6 Å². The van der Waals surface area contributed by atoms with E-state index < -0.39 is 17.2 Å². The van der Waals surface area contributed by atoms with Crippen molar-refractivity contribution in [3.63, 3.8) is 0 Å². The molecular formula is C26H41N5O3. The van der Waals surface area contributed by atoms with E-state index in [4.69, 9.17) is 9.26 Å². The molecular weight excluding hydrogens is 430 g/mol. The standard InChI is InChI=1S/C26H41N5O3/c1-7-15-31(21-14-11-16-30(18-21)17-20-12-9-8-10-13-20)19-22-27-23(29-34-22)26(5,6)28-24(32)33-25(2,3)4/h8-10,12-13,21H,7,11,14-19H2,1-6H3,(H,28,32). The quantitative estimate of drug-likeness (QED) is 0.567. The first-order valence-electron chi connectivity index (χ1n) is 12.4. The highest BCUT2D eigenvalue weighted by Gasteiger charge is 2.32. The van der Waals surface area contributed by atoms with Crippen molar-refractivity contribution in [3.05, 3.63) is 47.6 Å². The van der Waals surface area contributed by atoms with Crippen molar-refractivity contribution >= 4 is 6.09 Å². The number of nitrogens with zero attached hydrogens (tertiary/aromatic N) is 4. The Morgan fingerprint density at radius 2 is 1.97 bits per heavy atom. The van der Waals surface area contributed by atoms with Gasteiger partial charge in [-0.2, -0.15) is 4.98 Å². The van der Waals surface area contributed by atoms with E-state index in [0.717, 1.165) is 39.0 Å². The first-order chi connectivity index (χ1) is 16.1. The molecule has 0 bridgehead atoms. The van der Waals surface area contributed by atoms with Gasteiger partial charge in [-0.1, -0.05) is 42.4 Å². The largest absolute Gasteiger partial charge is 0.444 e. The molecule has 8 heteroatoms. The maximum absolute atomic E-state index is 12.3. The molecule has 3 rings (SSSR count). The third-order valence-electron chi connectivity index (χ3n) is 5.94. The number of hydrogen-bond donors (Lipinski definition) is 1. The molecule has 0 saturated carbocycles. The summed E-state index contributed by atoms with van der Waals surface area (Å²) in [6, 6.07) is 11.1. The Morgan fingerprint density at radius 3 is 2.65 bits per heavy atom. The number of carbonyl (C=O) groups excluding carboxylic acids is 1. The predicted octanol–water partition coefficient (Wildman–Crippen LogP) is 4.71. The van der Waals surface area contributed by atoms with Crippen LogP contribution in [0.25, 0.3) is 0 Å². The molecule has 2 aromatic rings. The first-order valence-corrected chi connectivity index (χ1v) is 12.4. The Bertz CT molecular complexity index is 907. The molecule has 0 radical (unpaired) electrons. The van der Waals surface area contributed by atoms with E-state index in [1.807, 2.05) is 34.6 Å². The predicted molar refractivity (Wildman–Crippen MR) is 132 cm³/mol. The summed E-state index contributed by atoms with van der Waals surface area (Å²) in [5.74, 6) is 1.02. The molecule has 0 aliphatic carbocycles. The minimum Gasteiger partial charge on any atom is -0.444 e. The summed E-state index contributed by atoms with van der Waals surface area (Å²) in [4.78, 5) is 21.9. The Kier molecular flexibility index (Phi) is 8.71. The second-order valence-electron chi connectivity index (χ2n) is 10.8. The van der Waals surface area contributed by atoms with Crippen LogP contribution < -0.4 is 5.32 Å². The first kappa shape index (κ1) is 26.2. The van der Waals surface area contributed by atoms with Crippen LogP contribution in [0.4, 0.5) is 4.79 Å². The normalized spacial score (nSPS) is 17.7. The molecule has 188 valence electrons. The SMILES string of the molecule is CCCN(Cc1nc(C(C)(C)NC(=O)OC(C)(C)C)no1)C1CCCN(Cc2ccccc2)C1. The highest BCUT2D eigenvalue weighted by Crippen LogP contribution is 2.22. The van der Waals surface area contributed by atoms with E-state index in [2.05, 4.69) is 62.5 Å². The van der Waals surface area contributed by atoms with Crippen molar-refractivity contribution in [3.8, 4) is 0 Å². The monoisotopic (exact) mass is 471 g/mol. The maximum Gasteiger partial charge on any atom is 0.408 e. The van der Waals surface area contributed by atoms with Crippen LogP contribution in [0.1, 0.15) is 78.1 Å². The number of benzene rings is 1. The van der Waals surface area contributed by atoms with Gasteiger partial charge in [-0.3, -0.25) is 9.80 Å². The molecule has 0 spiro atoms. The molecule has 1 atom stereocenters. The zero-order chi connectivity index (χ0) is 24.8. The van der Waals surface area contributed by atoms with Crippen LogP contribution >= 0.6 is 0 Å². The van der Waals surface area contributed by atoms with Crippen LogP contribution in [-0.2, 0) is 23.4 Å². The highest BCUT2D eigenvalue weighted by molar-refractivity contribution is 5.68. The van der Waals surface area contributed by atoms with Gasteiger partial charge in [0.1, 0.15) is 11.1 Å². The van der Waals surface area contributed by atoms with Gasteiger partial charge in [0, 0.05) is 19.1 Å². The van der Waals surface area contributed by atoms with Gasteiger partial charge in [-0.05, 0) is 72.5 Å². The lowest BCUT2D eigenvalue weighted by Gasteiger charge is -2.39. The molecule has 1 aromatic heterocycles. The molecule has 1 unspecified atom stereocenters. The fraction of sp³-hybridized carbons (Fsp3) is 0.654. The molecule has 2 heterocycles. The third kappa shape index (κ3) is 7.81. The second-order valence-corrected chi connectivity index (χ2v) is 10.8. The zero-order valence-corrected chi connectivity index (χ0v) is 21.6. The van der Waals surface area contributed by atoms with Crippen LogP contribution in [-0.4, -0.2) is 57.3 Å². The van der Waals surface area contributed by atoms with Gasteiger partial charge in [0.25, 0.3) is 0 Å². The number of alkyl carbamates (subject to hydrolysis) is 1. The number of nitrogens with one attached hydrogen (secondary N) is 1. The topological polar surface area (TPSA) is 83.7 Å². The lowest BCUT2D eigenvalue weighted by molar-refractivity contribution is 0.0465. The summed E-state index contributed by atoms with van der Waals surface area (Å²) in [6.07, 6.45) is 2.90. The van der Waals surface area contributed by atoms with Crippen molar-refractivity contribution in [2.75, 3.05) is 19.6 Å². The Labute approximate surface area is 204 Å². The molecule has 1 N–H and O–H groups in total. The van der Waals surface area contributed by atoms with Crippen LogP contribution in [0.5, 0.6) is 0 Å². The lowest BCUT2D eigenvalue weighted by Crippen LogP contribution is -2.47. The number of aromatic nitrogens is 2. The zero-order valence-electron chi connectivity index (χ0n) is 21.6. The van der Waals surface area contributed by atoms with Crippen molar-refractivity contribution in [2.45, 2.75) is 91.1 Å². The lowest BCUT2D eigenvalue weighted by atomic mass is 10.0. The molecule has 1 saturated heterocycles. The molecule has 1 aromatic carbocycles. The van der Waals surface area contributed by atoms with Gasteiger partial charge in [0.15, 0.2) is 5.82 Å². The minimum absolute atomic E-state index is 0.444. The number of piperidine rings is 1. The average Bonchev–Trinajstić information content (AvgIpc) is 3.22. The minimum atomic E-state index is -0.809. The summed E-state index contributed by atoms with van der Waals surface area (Å²) < 4.78 is 11.0. The van der Waals surface area contributed by atoms with Crippen LogP contribution in [0.15, 0.2) is 34.9 Å². The number of carbonyl (C=O) groups is 1. The Morgan fingerprint density at radius 1 is 1.24 bits per heavy atom. The van der Waals surface area contributed by atoms with Crippen LogP contribution in [0.2, 0.25) is 0 Å². The van der Waals surface area contributed by atoms with E-state index >= 15 is 0 Å². The summed E-state index contributed by atoms with van der Waals surface area (Å²) in [5.41, 5.74) is -0.0271. The molecule has 8 nitrogen and oxygen atoms in total. The average molecular weight is 472 g/mol. The van der Waals surface area contributed by atoms with Crippen LogP contribution in [0, 0.1) is 0 Å². The van der Waals surface area contributed by atoms with Gasteiger partial charge in [0.2, 0.25) is 5.89 Å². The summed E-state index contributed by atoms with van der Waals surface area (Å²) in [5, 5.41) is 7.02.